The van der Waals surface area contributed by atoms with Gasteiger partial charge in [0.15, 0.2) is 0 Å². The number of hydrogen-bond acceptors (Lipinski definition) is 4. The maximum absolute atomic E-state index is 14.0. The molecule has 46 heavy (non-hydrogen) atoms. The molecule has 1 aliphatic rings. The number of nitrogens with zero attached hydrogens (tertiary/aromatic N) is 1. The number of carbonyl (C=O) groups excluding carboxylic acids is 2. The van der Waals surface area contributed by atoms with Crippen LogP contribution in [0.25, 0.3) is 11.1 Å². The van der Waals surface area contributed by atoms with Crippen LogP contribution in [0.5, 0.6) is 0 Å². The summed E-state index contributed by atoms with van der Waals surface area (Å²) in [4.78, 5) is 41.7. The third kappa shape index (κ3) is 5.52. The third-order valence-electron chi connectivity index (χ3n) is 8.68. The number of rotatable bonds is 10. The summed E-state index contributed by atoms with van der Waals surface area (Å²) in [5.41, 5.74) is 4.98. The summed E-state index contributed by atoms with van der Waals surface area (Å²) in [7, 11) is 1.24. The first kappa shape index (κ1) is 30.3. The number of hydrogen-bond donors (Lipinski definition) is 2. The number of ether oxygens (including phenoxy) is 1. The van der Waals surface area contributed by atoms with E-state index >= 15 is 0 Å². The van der Waals surface area contributed by atoms with E-state index in [-0.39, 0.29) is 18.7 Å². The smallest absolute Gasteiger partial charge is 0.411 e. The van der Waals surface area contributed by atoms with E-state index in [0.717, 1.165) is 38.9 Å². The number of benzene rings is 5. The van der Waals surface area contributed by atoms with Crippen molar-refractivity contribution in [2.24, 2.45) is 0 Å². The largest absolute Gasteiger partial charge is 0.480 e. The molecule has 7 heteroatoms. The van der Waals surface area contributed by atoms with Gasteiger partial charge >= 0.3 is 12.1 Å². The molecule has 6 rings (SSSR count). The maximum Gasteiger partial charge on any atom is 0.411 e. The first-order valence-electron chi connectivity index (χ1n) is 15.2. The van der Waals surface area contributed by atoms with Gasteiger partial charge < -0.3 is 15.2 Å². The van der Waals surface area contributed by atoms with E-state index in [1.165, 1.54) is 12.0 Å². The van der Waals surface area contributed by atoms with Crippen molar-refractivity contribution < 1.29 is 24.2 Å². The number of carboxylic acid groups (broad SMARTS) is 1. The van der Waals surface area contributed by atoms with Crippen LogP contribution >= 0.6 is 0 Å². The van der Waals surface area contributed by atoms with Crippen molar-refractivity contribution in [2.45, 2.75) is 30.5 Å². The molecular weight excluding hydrogens is 576 g/mol. The van der Waals surface area contributed by atoms with E-state index in [1.54, 1.807) is 0 Å². The van der Waals surface area contributed by atoms with E-state index in [9.17, 15) is 19.5 Å². The van der Waals surface area contributed by atoms with Gasteiger partial charge in [0.2, 0.25) is 5.91 Å². The standard InChI is InChI=1S/C39H34N2O5/c1-46-38(45)41(36-32-23-13-11-21-30(32)31-22-12-14-24-33(31)36)34(37(43)44)25-26-35(42)40-39(27-15-5-2-6-16-27,28-17-7-3-8-18-28)29-19-9-4-10-20-29/h2-24,34,36H,25-26H2,1H3,(H,40,42)(H,43,44)/t34-/m1/s1. The van der Waals surface area contributed by atoms with Crippen LogP contribution in [0.1, 0.15) is 46.7 Å². The molecule has 5 aromatic carbocycles. The highest BCUT2D eigenvalue weighted by molar-refractivity contribution is 5.86. The molecule has 0 radical (unpaired) electrons. The summed E-state index contributed by atoms with van der Waals surface area (Å²) in [5.74, 6) is -1.58. The predicted molar refractivity (Wildman–Crippen MR) is 176 cm³/mol. The molecule has 0 fully saturated rings. The van der Waals surface area contributed by atoms with Gasteiger partial charge in [0.1, 0.15) is 11.6 Å². The molecule has 2 N–H and O–H groups in total. The second-order valence-electron chi connectivity index (χ2n) is 11.2. The van der Waals surface area contributed by atoms with Crippen LogP contribution in [0.15, 0.2) is 140 Å². The van der Waals surface area contributed by atoms with E-state index in [2.05, 4.69) is 5.32 Å². The van der Waals surface area contributed by atoms with E-state index in [4.69, 9.17) is 4.74 Å². The maximum atomic E-state index is 14.0. The SMILES string of the molecule is COC(=O)N(C1c2ccccc2-c2ccccc21)[C@H](CCC(=O)NC(c1ccccc1)(c1ccccc1)c1ccccc1)C(=O)O. The Hall–Kier alpha value is -5.69. The number of amides is 2. The van der Waals surface area contributed by atoms with E-state index < -0.39 is 29.7 Å². The first-order chi connectivity index (χ1) is 22.5. The summed E-state index contributed by atoms with van der Waals surface area (Å²) in [6.07, 6.45) is -1.07. The average Bonchev–Trinajstić information content (AvgIpc) is 3.43. The van der Waals surface area contributed by atoms with Crippen molar-refractivity contribution in [2.75, 3.05) is 7.11 Å². The Morgan fingerprint density at radius 3 is 1.52 bits per heavy atom. The quantitative estimate of drug-likeness (QED) is 0.164. The highest BCUT2D eigenvalue weighted by atomic mass is 16.5. The van der Waals surface area contributed by atoms with Gasteiger partial charge in [-0.25, -0.2) is 9.59 Å². The van der Waals surface area contributed by atoms with Gasteiger partial charge in [-0.05, 0) is 45.4 Å². The second kappa shape index (κ2) is 13.1. The molecule has 1 aliphatic carbocycles. The summed E-state index contributed by atoms with van der Waals surface area (Å²) >= 11 is 0. The van der Waals surface area contributed by atoms with Crippen LogP contribution in [0, 0.1) is 0 Å². The Labute approximate surface area is 268 Å². The predicted octanol–water partition coefficient (Wildman–Crippen LogP) is 7.17. The molecular formula is C39H34N2O5. The molecule has 0 aliphatic heterocycles. The van der Waals surface area contributed by atoms with Crippen LogP contribution in [0.2, 0.25) is 0 Å². The molecule has 0 saturated heterocycles. The van der Waals surface area contributed by atoms with Gasteiger partial charge in [0, 0.05) is 6.42 Å². The third-order valence-corrected chi connectivity index (χ3v) is 8.68. The zero-order chi connectivity index (χ0) is 32.1. The Bertz CT molecular complexity index is 1700. The van der Waals surface area contributed by atoms with E-state index in [0.29, 0.717) is 0 Å². The van der Waals surface area contributed by atoms with Crippen molar-refractivity contribution >= 4 is 18.0 Å². The molecule has 1 atom stereocenters. The van der Waals surface area contributed by atoms with Crippen LogP contribution in [0.3, 0.4) is 0 Å². The Balaban J connectivity index is 1.36. The lowest BCUT2D eigenvalue weighted by Gasteiger charge is -2.37. The lowest BCUT2D eigenvalue weighted by Crippen LogP contribution is -2.50. The molecule has 0 saturated carbocycles. The fourth-order valence-corrected chi connectivity index (χ4v) is 6.65. The van der Waals surface area contributed by atoms with Crippen molar-refractivity contribution in [3.8, 4) is 11.1 Å². The minimum atomic E-state index is -1.35. The minimum Gasteiger partial charge on any atom is -0.480 e. The lowest BCUT2D eigenvalue weighted by atomic mass is 9.77. The Kier molecular flexibility index (Phi) is 8.65. The van der Waals surface area contributed by atoms with Gasteiger partial charge in [0.25, 0.3) is 0 Å². The van der Waals surface area contributed by atoms with Crippen LogP contribution < -0.4 is 5.32 Å². The second-order valence-corrected chi connectivity index (χ2v) is 11.2. The zero-order valence-electron chi connectivity index (χ0n) is 25.4. The van der Waals surface area contributed by atoms with Crippen LogP contribution in [-0.4, -0.2) is 41.1 Å². The number of fused-ring (bicyclic) bond motifs is 3. The lowest BCUT2D eigenvalue weighted by molar-refractivity contribution is -0.143. The molecule has 0 unspecified atom stereocenters. The average molecular weight is 611 g/mol. The fraction of sp³-hybridized carbons (Fsp3) is 0.154. The summed E-state index contributed by atoms with van der Waals surface area (Å²) in [6.45, 7) is 0. The van der Waals surface area contributed by atoms with Crippen molar-refractivity contribution in [3.63, 3.8) is 0 Å². The molecule has 0 spiro atoms. The van der Waals surface area contributed by atoms with Crippen LogP contribution in [0.4, 0.5) is 4.79 Å². The number of aliphatic carboxylic acids is 1. The Morgan fingerprint density at radius 1 is 0.696 bits per heavy atom. The number of carbonyl (C=O) groups is 3. The Morgan fingerprint density at radius 2 is 1.11 bits per heavy atom. The number of carboxylic acids is 1. The molecule has 2 amide bonds. The van der Waals surface area contributed by atoms with Crippen molar-refractivity contribution in [1.82, 2.24) is 10.2 Å². The summed E-state index contributed by atoms with van der Waals surface area (Å²) < 4.78 is 5.17. The van der Waals surface area contributed by atoms with Crippen molar-refractivity contribution in [1.29, 1.82) is 0 Å². The molecule has 7 nitrogen and oxygen atoms in total. The highest BCUT2D eigenvalue weighted by Crippen LogP contribution is 2.47. The molecule has 230 valence electrons. The molecule has 5 aromatic rings. The molecule has 0 aromatic heterocycles. The van der Waals surface area contributed by atoms with Crippen molar-refractivity contribution in [3.05, 3.63) is 167 Å². The highest BCUT2D eigenvalue weighted by Gasteiger charge is 2.43. The van der Waals surface area contributed by atoms with Gasteiger partial charge in [-0.2, -0.15) is 0 Å². The normalized spacial score (nSPS) is 12.8. The van der Waals surface area contributed by atoms with Gasteiger partial charge in [-0.3, -0.25) is 9.69 Å². The molecule has 0 bridgehead atoms. The minimum absolute atomic E-state index is 0.133. The number of nitrogens with one attached hydrogen (secondary N) is 1. The van der Waals surface area contributed by atoms with Gasteiger partial charge in [0.05, 0.1) is 13.2 Å². The van der Waals surface area contributed by atoms with Crippen LogP contribution in [-0.2, 0) is 19.9 Å². The first-order valence-corrected chi connectivity index (χ1v) is 15.2. The van der Waals surface area contributed by atoms with Gasteiger partial charge in [-0.1, -0.05) is 140 Å². The number of methoxy groups -OCH3 is 1. The zero-order valence-corrected chi connectivity index (χ0v) is 25.4. The topological polar surface area (TPSA) is 95.9 Å². The summed E-state index contributed by atoms with van der Waals surface area (Å²) in [5, 5.41) is 13.8. The van der Waals surface area contributed by atoms with Gasteiger partial charge in [-0.15, -0.1) is 0 Å². The van der Waals surface area contributed by atoms with E-state index in [1.807, 2.05) is 140 Å². The summed E-state index contributed by atoms with van der Waals surface area (Å²) in [6, 6.07) is 42.4. The molecule has 0 heterocycles. The monoisotopic (exact) mass is 610 g/mol. The fourth-order valence-electron chi connectivity index (χ4n) is 6.65.